The van der Waals surface area contributed by atoms with E-state index in [1.165, 1.54) is 12.0 Å². The Morgan fingerprint density at radius 3 is 2.56 bits per heavy atom. The molecule has 140 valence electrons. The molecule has 1 aromatic heterocycles. The van der Waals surface area contributed by atoms with Gasteiger partial charge in [0.25, 0.3) is 0 Å². The van der Waals surface area contributed by atoms with Gasteiger partial charge in [-0.3, -0.25) is 4.79 Å². The van der Waals surface area contributed by atoms with Crippen LogP contribution in [0.4, 0.5) is 5.69 Å². The molecule has 1 amide bonds. The average molecular weight is 388 g/mol. The quantitative estimate of drug-likeness (QED) is 0.643. The summed E-state index contributed by atoms with van der Waals surface area (Å²) in [7, 11) is 4.76. The summed E-state index contributed by atoms with van der Waals surface area (Å²) in [5.41, 5.74) is 1.33. The van der Waals surface area contributed by atoms with Crippen molar-refractivity contribution in [1.82, 2.24) is 10.1 Å². The van der Waals surface area contributed by atoms with E-state index in [9.17, 15) is 4.79 Å². The van der Waals surface area contributed by atoms with Crippen molar-refractivity contribution in [1.29, 1.82) is 0 Å². The number of carbonyl (C=O) groups excluding carboxylic acids is 1. The van der Waals surface area contributed by atoms with E-state index < -0.39 is 0 Å². The highest BCUT2D eigenvalue weighted by Crippen LogP contribution is 2.31. The number of rotatable bonds is 6. The monoisotopic (exact) mass is 387 g/mol. The van der Waals surface area contributed by atoms with Crippen LogP contribution in [0.15, 0.2) is 47.0 Å². The molecule has 0 aliphatic rings. The van der Waals surface area contributed by atoms with E-state index in [1.807, 2.05) is 12.1 Å². The Labute approximate surface area is 161 Å². The molecule has 0 atom stereocenters. The van der Waals surface area contributed by atoms with Crippen molar-refractivity contribution in [2.45, 2.75) is 6.42 Å². The first-order valence-electron chi connectivity index (χ1n) is 8.09. The van der Waals surface area contributed by atoms with Crippen molar-refractivity contribution in [2.24, 2.45) is 0 Å². The fourth-order valence-electron chi connectivity index (χ4n) is 2.49. The highest BCUT2D eigenvalue weighted by atomic mass is 35.5. The molecular weight excluding hydrogens is 370 g/mol. The molecule has 3 rings (SSSR count). The molecule has 0 spiro atoms. The van der Waals surface area contributed by atoms with Gasteiger partial charge >= 0.3 is 0 Å². The van der Waals surface area contributed by atoms with Crippen molar-refractivity contribution in [2.75, 3.05) is 26.2 Å². The number of halogens is 1. The van der Waals surface area contributed by atoms with E-state index in [-0.39, 0.29) is 18.2 Å². The third-order valence-electron chi connectivity index (χ3n) is 4.00. The summed E-state index contributed by atoms with van der Waals surface area (Å²) < 4.78 is 15.6. The first-order valence-corrected chi connectivity index (χ1v) is 8.46. The molecular formula is C19H18ClN3O4. The van der Waals surface area contributed by atoms with Crippen molar-refractivity contribution >= 4 is 23.2 Å². The van der Waals surface area contributed by atoms with Crippen LogP contribution in [-0.4, -0.2) is 37.3 Å². The van der Waals surface area contributed by atoms with Gasteiger partial charge in [0.2, 0.25) is 17.6 Å². The maximum atomic E-state index is 12.6. The molecule has 0 aliphatic carbocycles. The van der Waals surface area contributed by atoms with Gasteiger partial charge in [-0.1, -0.05) is 16.8 Å². The number of amides is 1. The number of methoxy groups -OCH3 is 2. The average Bonchev–Trinajstić information content (AvgIpc) is 3.15. The second-order valence-corrected chi connectivity index (χ2v) is 6.12. The largest absolute Gasteiger partial charge is 0.497 e. The smallest absolute Gasteiger partial charge is 0.236 e. The predicted molar refractivity (Wildman–Crippen MR) is 101 cm³/mol. The highest BCUT2D eigenvalue weighted by molar-refractivity contribution is 6.31. The summed E-state index contributed by atoms with van der Waals surface area (Å²) in [6.07, 6.45) is -0.0463. The number of nitrogens with zero attached hydrogens (tertiary/aromatic N) is 3. The minimum atomic E-state index is -0.236. The fourth-order valence-corrected chi connectivity index (χ4v) is 2.66. The molecule has 8 heteroatoms. The van der Waals surface area contributed by atoms with E-state index >= 15 is 0 Å². The number of benzene rings is 2. The first-order chi connectivity index (χ1) is 13.0. The number of hydrogen-bond acceptors (Lipinski definition) is 6. The Balaban J connectivity index is 1.74. The molecule has 0 fully saturated rings. The maximum absolute atomic E-state index is 12.6. The molecule has 0 unspecified atom stereocenters. The van der Waals surface area contributed by atoms with Crippen molar-refractivity contribution in [3.8, 4) is 22.9 Å². The Bertz CT molecular complexity index is 940. The molecule has 2 aromatic carbocycles. The zero-order chi connectivity index (χ0) is 19.4. The molecule has 0 N–H and O–H groups in total. The van der Waals surface area contributed by atoms with E-state index in [1.54, 1.807) is 44.5 Å². The number of aromatic nitrogens is 2. The van der Waals surface area contributed by atoms with Crippen LogP contribution >= 0.6 is 11.6 Å². The SMILES string of the molecule is COc1ccc(-c2noc(CC(=O)N(C)c3cc(Cl)ccc3OC)n2)cc1. The lowest BCUT2D eigenvalue weighted by Crippen LogP contribution is -2.28. The van der Waals surface area contributed by atoms with E-state index in [0.717, 1.165) is 11.3 Å². The maximum Gasteiger partial charge on any atom is 0.236 e. The summed E-state index contributed by atoms with van der Waals surface area (Å²) in [5, 5.41) is 4.44. The van der Waals surface area contributed by atoms with Gasteiger partial charge in [0, 0.05) is 17.6 Å². The number of likely N-dealkylation sites (N-methyl/N-ethyl adjacent to an activating group) is 1. The summed E-state index contributed by atoms with van der Waals surface area (Å²) in [6.45, 7) is 0. The molecule has 27 heavy (non-hydrogen) atoms. The van der Waals surface area contributed by atoms with Gasteiger partial charge in [-0.05, 0) is 42.5 Å². The minimum Gasteiger partial charge on any atom is -0.497 e. The van der Waals surface area contributed by atoms with Crippen LogP contribution in [0.5, 0.6) is 11.5 Å². The topological polar surface area (TPSA) is 77.7 Å². The summed E-state index contributed by atoms with van der Waals surface area (Å²) in [4.78, 5) is 18.3. The minimum absolute atomic E-state index is 0.0463. The molecule has 0 aliphatic heterocycles. The Kier molecular flexibility index (Phi) is 5.61. The Morgan fingerprint density at radius 1 is 1.15 bits per heavy atom. The molecule has 0 radical (unpaired) electrons. The number of hydrogen-bond donors (Lipinski definition) is 0. The summed E-state index contributed by atoms with van der Waals surface area (Å²) in [6, 6.07) is 12.3. The van der Waals surface area contributed by atoms with Crippen LogP contribution in [-0.2, 0) is 11.2 Å². The zero-order valence-electron chi connectivity index (χ0n) is 15.1. The molecule has 7 nitrogen and oxygen atoms in total. The zero-order valence-corrected chi connectivity index (χ0v) is 15.9. The lowest BCUT2D eigenvalue weighted by molar-refractivity contribution is -0.118. The van der Waals surface area contributed by atoms with Gasteiger partial charge in [0.1, 0.15) is 17.9 Å². The third kappa shape index (κ3) is 4.20. The van der Waals surface area contributed by atoms with Crippen LogP contribution in [0.2, 0.25) is 5.02 Å². The number of anilines is 1. The second-order valence-electron chi connectivity index (χ2n) is 5.69. The molecule has 0 saturated carbocycles. The van der Waals surface area contributed by atoms with Crippen LogP contribution < -0.4 is 14.4 Å². The van der Waals surface area contributed by atoms with Crippen molar-refractivity contribution < 1.29 is 18.8 Å². The van der Waals surface area contributed by atoms with E-state index in [4.69, 9.17) is 25.6 Å². The predicted octanol–water partition coefficient (Wildman–Crippen LogP) is 3.61. The van der Waals surface area contributed by atoms with Gasteiger partial charge < -0.3 is 18.9 Å². The lowest BCUT2D eigenvalue weighted by atomic mass is 10.2. The van der Waals surface area contributed by atoms with Gasteiger partial charge in [0.05, 0.1) is 19.9 Å². The molecule has 0 saturated heterocycles. The normalized spacial score (nSPS) is 10.5. The van der Waals surface area contributed by atoms with Crippen molar-refractivity contribution in [3.05, 3.63) is 53.4 Å². The Morgan fingerprint density at radius 2 is 1.89 bits per heavy atom. The summed E-state index contributed by atoms with van der Waals surface area (Å²) in [5.74, 6) is 1.66. The van der Waals surface area contributed by atoms with Gasteiger partial charge in [-0.15, -0.1) is 0 Å². The van der Waals surface area contributed by atoms with Gasteiger partial charge in [-0.2, -0.15) is 4.98 Å². The number of ether oxygens (including phenoxy) is 2. The van der Waals surface area contributed by atoms with Crippen LogP contribution in [0.25, 0.3) is 11.4 Å². The van der Waals surface area contributed by atoms with Crippen molar-refractivity contribution in [3.63, 3.8) is 0 Å². The van der Waals surface area contributed by atoms with Crippen LogP contribution in [0.1, 0.15) is 5.89 Å². The highest BCUT2D eigenvalue weighted by Gasteiger charge is 2.19. The van der Waals surface area contributed by atoms with Crippen LogP contribution in [0.3, 0.4) is 0 Å². The summed E-state index contributed by atoms with van der Waals surface area (Å²) >= 11 is 6.03. The van der Waals surface area contributed by atoms with Gasteiger partial charge in [0.15, 0.2) is 0 Å². The third-order valence-corrected chi connectivity index (χ3v) is 4.23. The lowest BCUT2D eigenvalue weighted by Gasteiger charge is -2.19. The van der Waals surface area contributed by atoms with Crippen LogP contribution in [0, 0.1) is 0 Å². The fraction of sp³-hybridized carbons (Fsp3) is 0.211. The van der Waals surface area contributed by atoms with Gasteiger partial charge in [-0.25, -0.2) is 0 Å². The van der Waals surface area contributed by atoms with E-state index in [0.29, 0.717) is 22.3 Å². The molecule has 1 heterocycles. The number of carbonyl (C=O) groups is 1. The van der Waals surface area contributed by atoms with E-state index in [2.05, 4.69) is 10.1 Å². The second kappa shape index (κ2) is 8.09. The standard InChI is InChI=1S/C19H18ClN3O4/c1-23(15-10-13(20)6-9-16(15)26-3)18(24)11-17-21-19(22-27-17)12-4-7-14(25-2)8-5-12/h4-10H,11H2,1-3H3. The molecule has 0 bridgehead atoms. The first kappa shape index (κ1) is 18.7. The molecule has 3 aromatic rings. The Hall–Kier alpha value is -3.06.